The molecule has 0 spiro atoms. The van der Waals surface area contributed by atoms with Gasteiger partial charge < -0.3 is 5.73 Å². The van der Waals surface area contributed by atoms with Crippen LogP contribution in [0.1, 0.15) is 18.9 Å². The zero-order chi connectivity index (χ0) is 18.2. The van der Waals surface area contributed by atoms with Crippen molar-refractivity contribution in [2.75, 3.05) is 5.75 Å². The molecule has 1 atom stereocenters. The van der Waals surface area contributed by atoms with Gasteiger partial charge in [-0.2, -0.15) is 13.2 Å². The number of hydrogen-bond donors (Lipinski definition) is 1. The highest BCUT2D eigenvalue weighted by Gasteiger charge is 2.48. The predicted molar refractivity (Wildman–Crippen MR) is 67.3 cm³/mol. The lowest BCUT2D eigenvalue weighted by molar-refractivity contribution is -0.130. The van der Waals surface area contributed by atoms with Crippen LogP contribution in [-0.4, -0.2) is 26.3 Å². The Labute approximate surface area is 127 Å². The minimum Gasteiger partial charge on any atom is -0.368 e. The summed E-state index contributed by atoms with van der Waals surface area (Å²) in [7, 11) is -4.90. The molecule has 0 aliphatic heterocycles. The van der Waals surface area contributed by atoms with Crippen LogP contribution in [0, 0.1) is 17.5 Å². The Morgan fingerprint density at radius 2 is 1.57 bits per heavy atom. The van der Waals surface area contributed by atoms with Gasteiger partial charge >= 0.3 is 6.18 Å². The maximum Gasteiger partial charge on any atom is 0.390 e. The van der Waals surface area contributed by atoms with E-state index in [0.717, 1.165) is 0 Å². The average molecular weight is 363 g/mol. The molecule has 0 aromatic heterocycles. The lowest BCUT2D eigenvalue weighted by Gasteiger charge is -2.27. The second kappa shape index (κ2) is 6.02. The minimum absolute atomic E-state index is 0.203. The monoisotopic (exact) mass is 363 g/mol. The Bertz CT molecular complexity index is 708. The Morgan fingerprint density at radius 3 is 1.91 bits per heavy atom. The first-order valence-electron chi connectivity index (χ1n) is 5.96. The van der Waals surface area contributed by atoms with Gasteiger partial charge in [-0.1, -0.05) is 0 Å². The smallest absolute Gasteiger partial charge is 0.368 e. The quantitative estimate of drug-likeness (QED) is 0.643. The van der Waals surface area contributed by atoms with Gasteiger partial charge in [0.05, 0.1) is 12.2 Å². The van der Waals surface area contributed by atoms with Crippen LogP contribution >= 0.6 is 0 Å². The molecular weight excluding hydrogens is 352 g/mol. The summed E-state index contributed by atoms with van der Waals surface area (Å²) >= 11 is 0. The van der Waals surface area contributed by atoms with Crippen LogP contribution in [0.2, 0.25) is 0 Å². The van der Waals surface area contributed by atoms with Crippen molar-refractivity contribution >= 4 is 15.7 Å². The number of carbonyl (C=O) groups is 1. The molecule has 4 nitrogen and oxygen atoms in total. The molecule has 23 heavy (non-hydrogen) atoms. The first-order valence-corrected chi connectivity index (χ1v) is 7.61. The van der Waals surface area contributed by atoms with Crippen LogP contribution in [-0.2, 0) is 19.4 Å². The molecule has 1 unspecified atom stereocenters. The van der Waals surface area contributed by atoms with Gasteiger partial charge in [0.2, 0.25) is 5.91 Å². The summed E-state index contributed by atoms with van der Waals surface area (Å²) < 4.78 is 97.4. The van der Waals surface area contributed by atoms with E-state index >= 15 is 0 Å². The van der Waals surface area contributed by atoms with Crippen molar-refractivity contribution in [2.24, 2.45) is 5.73 Å². The summed E-state index contributed by atoms with van der Waals surface area (Å²) in [6, 6.07) is 0.405. The van der Waals surface area contributed by atoms with E-state index in [1.807, 2.05) is 0 Å². The zero-order valence-corrected chi connectivity index (χ0v) is 12.4. The summed E-state index contributed by atoms with van der Waals surface area (Å²) in [5, 5.41) is 0. The van der Waals surface area contributed by atoms with E-state index in [2.05, 4.69) is 0 Å². The number of hydrogen-bond acceptors (Lipinski definition) is 3. The van der Waals surface area contributed by atoms with Crippen LogP contribution in [0.15, 0.2) is 12.1 Å². The highest BCUT2D eigenvalue weighted by Crippen LogP contribution is 2.34. The molecule has 0 saturated heterocycles. The number of alkyl halides is 3. The maximum absolute atomic E-state index is 13.3. The van der Waals surface area contributed by atoms with Crippen LogP contribution in [0.4, 0.5) is 26.3 Å². The van der Waals surface area contributed by atoms with Crippen molar-refractivity contribution < 1.29 is 39.6 Å². The Hall–Kier alpha value is -1.78. The van der Waals surface area contributed by atoms with E-state index in [-0.39, 0.29) is 12.1 Å². The van der Waals surface area contributed by atoms with Crippen LogP contribution in [0.5, 0.6) is 0 Å². The topological polar surface area (TPSA) is 77.2 Å². The molecular formula is C12H11F6NO3S. The van der Waals surface area contributed by atoms with Crippen LogP contribution in [0.25, 0.3) is 0 Å². The maximum atomic E-state index is 13.3. The third-order valence-corrected chi connectivity index (χ3v) is 5.70. The SMILES string of the molecule is CC(C(N)=O)(c1cc(F)c(F)c(F)c1)S(=O)(=O)CCC(F)(F)F. The normalized spacial score (nSPS) is 15.3. The molecule has 1 aromatic carbocycles. The molecule has 130 valence electrons. The van der Waals surface area contributed by atoms with E-state index in [1.165, 1.54) is 0 Å². The van der Waals surface area contributed by atoms with Crippen molar-refractivity contribution in [3.8, 4) is 0 Å². The van der Waals surface area contributed by atoms with Gasteiger partial charge in [-0.15, -0.1) is 0 Å². The fourth-order valence-electron chi connectivity index (χ4n) is 1.76. The summed E-state index contributed by atoms with van der Waals surface area (Å²) in [4.78, 5) is 11.5. The minimum atomic E-state index is -4.90. The lowest BCUT2D eigenvalue weighted by Crippen LogP contribution is -2.47. The number of primary amides is 1. The zero-order valence-electron chi connectivity index (χ0n) is 11.5. The van der Waals surface area contributed by atoms with E-state index < -0.39 is 61.9 Å². The lowest BCUT2D eigenvalue weighted by atomic mass is 9.99. The largest absolute Gasteiger partial charge is 0.390 e. The first kappa shape index (κ1) is 19.3. The van der Waals surface area contributed by atoms with Gasteiger partial charge in [0, 0.05) is 0 Å². The number of rotatable bonds is 5. The van der Waals surface area contributed by atoms with Gasteiger partial charge in [0.1, 0.15) is 0 Å². The highest BCUT2D eigenvalue weighted by molar-refractivity contribution is 7.93. The molecule has 0 saturated carbocycles. The summed E-state index contributed by atoms with van der Waals surface area (Å²) in [5.41, 5.74) is 4.03. The number of amides is 1. The fourth-order valence-corrected chi connectivity index (χ4v) is 3.45. The van der Waals surface area contributed by atoms with Gasteiger partial charge in [0.15, 0.2) is 32.0 Å². The van der Waals surface area contributed by atoms with Crippen molar-refractivity contribution in [2.45, 2.75) is 24.3 Å². The van der Waals surface area contributed by atoms with Gasteiger partial charge in [-0.25, -0.2) is 21.6 Å². The predicted octanol–water partition coefficient (Wildman–Crippen LogP) is 2.17. The van der Waals surface area contributed by atoms with Crippen molar-refractivity contribution in [1.29, 1.82) is 0 Å². The molecule has 11 heteroatoms. The number of benzene rings is 1. The fraction of sp³-hybridized carbons (Fsp3) is 0.417. The molecule has 2 N–H and O–H groups in total. The number of carbonyl (C=O) groups excluding carboxylic acids is 1. The number of sulfone groups is 1. The van der Waals surface area contributed by atoms with Crippen molar-refractivity contribution in [3.63, 3.8) is 0 Å². The van der Waals surface area contributed by atoms with Gasteiger partial charge in [0.25, 0.3) is 0 Å². The third-order valence-electron chi connectivity index (χ3n) is 3.28. The van der Waals surface area contributed by atoms with Crippen molar-refractivity contribution in [1.82, 2.24) is 0 Å². The number of halogens is 6. The van der Waals surface area contributed by atoms with E-state index in [9.17, 15) is 39.6 Å². The second-order valence-electron chi connectivity index (χ2n) is 4.84. The second-order valence-corrected chi connectivity index (χ2v) is 7.29. The van der Waals surface area contributed by atoms with E-state index in [1.54, 1.807) is 0 Å². The molecule has 0 bridgehead atoms. The molecule has 0 heterocycles. The Morgan fingerprint density at radius 1 is 1.13 bits per heavy atom. The Balaban J connectivity index is 3.47. The van der Waals surface area contributed by atoms with Crippen LogP contribution < -0.4 is 5.73 Å². The highest BCUT2D eigenvalue weighted by atomic mass is 32.2. The molecule has 0 aliphatic carbocycles. The summed E-state index contributed by atoms with van der Waals surface area (Å²) in [6.45, 7) is 0.604. The first-order chi connectivity index (χ1) is 10.2. The molecule has 0 radical (unpaired) electrons. The summed E-state index contributed by atoms with van der Waals surface area (Å²) in [6.07, 6.45) is -6.63. The van der Waals surface area contributed by atoms with E-state index in [4.69, 9.17) is 5.73 Å². The van der Waals surface area contributed by atoms with Gasteiger partial charge in [-0.3, -0.25) is 4.79 Å². The molecule has 1 aromatic rings. The summed E-state index contributed by atoms with van der Waals surface area (Å²) in [5.74, 6) is -8.72. The molecule has 1 amide bonds. The third kappa shape index (κ3) is 3.77. The Kier molecular flexibility index (Phi) is 5.04. The van der Waals surface area contributed by atoms with E-state index in [0.29, 0.717) is 6.92 Å². The van der Waals surface area contributed by atoms with Crippen molar-refractivity contribution in [3.05, 3.63) is 35.1 Å². The van der Waals surface area contributed by atoms with Gasteiger partial charge in [-0.05, 0) is 24.6 Å². The van der Waals surface area contributed by atoms with Crippen LogP contribution in [0.3, 0.4) is 0 Å². The standard InChI is InChI=1S/C12H11F6NO3S/c1-11(10(19)20,23(21,22)3-2-12(16,17)18)6-4-7(13)9(15)8(14)5-6/h4-5H,2-3H2,1H3,(H2,19,20). The molecule has 0 aliphatic rings. The molecule has 0 fully saturated rings. The molecule has 1 rings (SSSR count). The number of nitrogens with two attached hydrogens (primary N) is 1. The average Bonchev–Trinajstić information content (AvgIpc) is 2.40.